The second-order valence-electron chi connectivity index (χ2n) is 6.61. The molecule has 3 heterocycles. The van der Waals surface area contributed by atoms with Gasteiger partial charge in [-0.1, -0.05) is 0 Å². The van der Waals surface area contributed by atoms with Gasteiger partial charge in [0.2, 0.25) is 0 Å². The Hall–Kier alpha value is -2.28. The number of urea groups is 1. The van der Waals surface area contributed by atoms with Crippen molar-refractivity contribution in [2.24, 2.45) is 7.05 Å². The molecule has 7 nitrogen and oxygen atoms in total. The van der Waals surface area contributed by atoms with Gasteiger partial charge in [0.15, 0.2) is 0 Å². The lowest BCUT2D eigenvalue weighted by atomic mass is 10.1. The largest absolute Gasteiger partial charge is 0.467 e. The van der Waals surface area contributed by atoms with E-state index in [1.165, 1.54) is 5.56 Å². The van der Waals surface area contributed by atoms with Crippen LogP contribution in [0.1, 0.15) is 43.1 Å². The predicted molar refractivity (Wildman–Crippen MR) is 92.9 cm³/mol. The molecule has 2 aromatic rings. The summed E-state index contributed by atoms with van der Waals surface area (Å²) in [6.07, 6.45) is 8.91. The third kappa shape index (κ3) is 4.63. The minimum absolute atomic E-state index is 0.0414. The Morgan fingerprint density at radius 3 is 3.16 bits per heavy atom. The number of aryl methyl sites for hydroxylation is 2. The Balaban J connectivity index is 1.42. The Kier molecular flexibility index (Phi) is 5.75. The van der Waals surface area contributed by atoms with Gasteiger partial charge in [-0.15, -0.1) is 0 Å². The lowest BCUT2D eigenvalue weighted by molar-refractivity contribution is 0.108. The van der Waals surface area contributed by atoms with Crippen molar-refractivity contribution in [3.63, 3.8) is 0 Å². The van der Waals surface area contributed by atoms with Crippen molar-refractivity contribution in [1.82, 2.24) is 20.0 Å². The second kappa shape index (κ2) is 8.20. The van der Waals surface area contributed by atoms with Crippen LogP contribution in [-0.4, -0.2) is 44.9 Å². The average molecular weight is 346 g/mol. The first-order chi connectivity index (χ1) is 12.1. The molecule has 7 heteroatoms. The van der Waals surface area contributed by atoms with Gasteiger partial charge >= 0.3 is 6.03 Å². The van der Waals surface area contributed by atoms with Gasteiger partial charge in [-0.3, -0.25) is 4.68 Å². The Morgan fingerprint density at radius 2 is 2.44 bits per heavy atom. The van der Waals surface area contributed by atoms with E-state index in [9.17, 15) is 9.90 Å². The smallest absolute Gasteiger partial charge is 0.317 e. The van der Waals surface area contributed by atoms with Crippen LogP contribution in [0.2, 0.25) is 0 Å². The number of nitrogens with one attached hydrogen (secondary N) is 1. The molecule has 0 bridgehead atoms. The number of likely N-dealkylation sites (tertiary alicyclic amines) is 1. The first-order valence-electron chi connectivity index (χ1n) is 8.87. The van der Waals surface area contributed by atoms with Crippen molar-refractivity contribution in [2.75, 3.05) is 13.1 Å². The van der Waals surface area contributed by atoms with E-state index in [1.807, 2.05) is 24.3 Å². The lowest BCUT2D eigenvalue weighted by Crippen LogP contribution is -2.43. The van der Waals surface area contributed by atoms with E-state index in [0.29, 0.717) is 18.7 Å². The van der Waals surface area contributed by atoms with Crippen LogP contribution in [0.25, 0.3) is 0 Å². The molecule has 2 N–H and O–H groups in total. The number of aromatic nitrogens is 2. The highest BCUT2D eigenvalue weighted by Gasteiger charge is 2.31. The molecule has 0 radical (unpaired) electrons. The molecule has 0 aliphatic carbocycles. The zero-order chi connectivity index (χ0) is 17.6. The number of hydrogen-bond acceptors (Lipinski definition) is 4. The number of amides is 2. The van der Waals surface area contributed by atoms with E-state index < -0.39 is 6.10 Å². The van der Waals surface area contributed by atoms with E-state index in [4.69, 9.17) is 4.42 Å². The molecule has 1 fully saturated rings. The van der Waals surface area contributed by atoms with Crippen molar-refractivity contribution in [1.29, 1.82) is 0 Å². The van der Waals surface area contributed by atoms with Gasteiger partial charge in [-0.05, 0) is 43.4 Å². The van der Waals surface area contributed by atoms with Gasteiger partial charge in [0, 0.05) is 38.8 Å². The zero-order valence-electron chi connectivity index (χ0n) is 14.6. The van der Waals surface area contributed by atoms with Crippen molar-refractivity contribution in [2.45, 2.75) is 44.2 Å². The summed E-state index contributed by atoms with van der Waals surface area (Å²) in [6.45, 7) is 1.38. The third-order valence-electron chi connectivity index (χ3n) is 4.68. The molecule has 1 saturated heterocycles. The van der Waals surface area contributed by atoms with E-state index in [1.54, 1.807) is 23.1 Å². The molecule has 1 aliphatic rings. The monoisotopic (exact) mass is 346 g/mol. The summed E-state index contributed by atoms with van der Waals surface area (Å²) in [6, 6.07) is 3.54. The van der Waals surface area contributed by atoms with Crippen LogP contribution in [0.4, 0.5) is 4.79 Å². The number of carbonyl (C=O) groups is 1. The highest BCUT2D eigenvalue weighted by atomic mass is 16.4. The molecule has 2 amide bonds. The van der Waals surface area contributed by atoms with Crippen LogP contribution in [0, 0.1) is 0 Å². The van der Waals surface area contributed by atoms with E-state index in [2.05, 4.69) is 10.4 Å². The maximum Gasteiger partial charge on any atom is 0.317 e. The fraction of sp³-hybridized carbons (Fsp3) is 0.556. The fourth-order valence-corrected chi connectivity index (χ4v) is 3.39. The molecule has 136 valence electrons. The molecule has 2 atom stereocenters. The van der Waals surface area contributed by atoms with E-state index >= 15 is 0 Å². The van der Waals surface area contributed by atoms with Crippen molar-refractivity contribution in [3.8, 4) is 0 Å². The highest BCUT2D eigenvalue weighted by Crippen LogP contribution is 2.27. The Labute approximate surface area is 147 Å². The quantitative estimate of drug-likeness (QED) is 0.753. The van der Waals surface area contributed by atoms with Gasteiger partial charge in [-0.2, -0.15) is 5.10 Å². The molecule has 2 aromatic heterocycles. The van der Waals surface area contributed by atoms with Crippen molar-refractivity contribution >= 4 is 6.03 Å². The Morgan fingerprint density at radius 1 is 1.56 bits per heavy atom. The molecule has 2 unspecified atom stereocenters. The van der Waals surface area contributed by atoms with Crippen LogP contribution in [0.3, 0.4) is 0 Å². The molecule has 1 aliphatic heterocycles. The fourth-order valence-electron chi connectivity index (χ4n) is 3.39. The summed E-state index contributed by atoms with van der Waals surface area (Å²) in [4.78, 5) is 14.3. The molecule has 25 heavy (non-hydrogen) atoms. The average Bonchev–Trinajstić information content (AvgIpc) is 3.33. The predicted octanol–water partition coefficient (Wildman–Crippen LogP) is 2.24. The molecule has 3 rings (SSSR count). The van der Waals surface area contributed by atoms with Crippen molar-refractivity contribution in [3.05, 3.63) is 42.1 Å². The minimum Gasteiger partial charge on any atom is -0.467 e. The van der Waals surface area contributed by atoms with E-state index in [0.717, 1.165) is 32.2 Å². The normalized spacial score (nSPS) is 18.5. The first kappa shape index (κ1) is 17.5. The van der Waals surface area contributed by atoms with Gasteiger partial charge < -0.3 is 19.7 Å². The molecular weight excluding hydrogens is 320 g/mol. The van der Waals surface area contributed by atoms with E-state index in [-0.39, 0.29) is 12.1 Å². The summed E-state index contributed by atoms with van der Waals surface area (Å²) in [7, 11) is 1.90. The summed E-state index contributed by atoms with van der Waals surface area (Å²) >= 11 is 0. The lowest BCUT2D eigenvalue weighted by Gasteiger charge is -2.26. The summed E-state index contributed by atoms with van der Waals surface area (Å²) in [5.41, 5.74) is 1.18. The number of rotatable bonds is 7. The maximum absolute atomic E-state index is 12.4. The molecule has 0 saturated carbocycles. The summed E-state index contributed by atoms with van der Waals surface area (Å²) < 4.78 is 7.03. The summed E-state index contributed by atoms with van der Waals surface area (Å²) in [5, 5.41) is 17.4. The highest BCUT2D eigenvalue weighted by molar-refractivity contribution is 5.74. The topological polar surface area (TPSA) is 83.5 Å². The van der Waals surface area contributed by atoms with Gasteiger partial charge in [-0.25, -0.2) is 4.79 Å². The maximum atomic E-state index is 12.4. The number of nitrogens with zero attached hydrogens (tertiary/aromatic N) is 3. The number of carbonyl (C=O) groups excluding carboxylic acids is 1. The second-order valence-corrected chi connectivity index (χ2v) is 6.61. The zero-order valence-corrected chi connectivity index (χ0v) is 14.6. The number of aliphatic hydroxyl groups excluding tert-OH is 1. The van der Waals surface area contributed by atoms with Gasteiger partial charge in [0.25, 0.3) is 0 Å². The molecular formula is C18H26N4O3. The Bertz CT molecular complexity index is 668. The van der Waals surface area contributed by atoms with Crippen molar-refractivity contribution < 1.29 is 14.3 Å². The summed E-state index contributed by atoms with van der Waals surface area (Å²) in [5.74, 6) is 0.559. The SMILES string of the molecule is Cn1cc(CCCNC(=O)N2CCCC2CC(O)c2ccco2)cn1. The minimum atomic E-state index is -0.668. The number of hydrogen-bond donors (Lipinski definition) is 2. The number of furan rings is 1. The van der Waals surface area contributed by atoms with Gasteiger partial charge in [0.1, 0.15) is 11.9 Å². The van der Waals surface area contributed by atoms with Gasteiger partial charge in [0.05, 0.1) is 12.5 Å². The molecule has 0 aromatic carbocycles. The molecule has 0 spiro atoms. The van der Waals surface area contributed by atoms with Crippen LogP contribution in [-0.2, 0) is 13.5 Å². The van der Waals surface area contributed by atoms with Crippen LogP contribution in [0.5, 0.6) is 0 Å². The van der Waals surface area contributed by atoms with Crippen LogP contribution < -0.4 is 5.32 Å². The van der Waals surface area contributed by atoms with Crippen LogP contribution in [0.15, 0.2) is 35.2 Å². The number of aliphatic hydroxyl groups is 1. The third-order valence-corrected chi connectivity index (χ3v) is 4.68. The van der Waals surface area contributed by atoms with Crippen LogP contribution >= 0.6 is 0 Å². The first-order valence-corrected chi connectivity index (χ1v) is 8.87. The standard InChI is InChI=1S/C18H26N4O3/c1-21-13-14(12-20-21)5-2-8-19-18(24)22-9-3-6-15(22)11-16(23)17-7-4-10-25-17/h4,7,10,12-13,15-16,23H,2-3,5-6,8-9,11H2,1H3,(H,19,24).